The first-order valence-corrected chi connectivity index (χ1v) is 7.70. The number of urea groups is 1. The highest BCUT2D eigenvalue weighted by atomic mass is 16.5. The largest absolute Gasteiger partial charge is 0.489 e. The second kappa shape index (κ2) is 7.67. The van der Waals surface area contributed by atoms with E-state index in [0.29, 0.717) is 31.8 Å². The van der Waals surface area contributed by atoms with Crippen LogP contribution < -0.4 is 15.4 Å². The molecule has 1 unspecified atom stereocenters. The number of anilines is 1. The molecule has 1 heterocycles. The van der Waals surface area contributed by atoms with E-state index in [1.54, 1.807) is 29.2 Å². The fourth-order valence-corrected chi connectivity index (χ4v) is 2.37. The van der Waals surface area contributed by atoms with Gasteiger partial charge in [0.15, 0.2) is 0 Å². The monoisotopic (exact) mass is 317 g/mol. The number of hydrogen-bond donors (Lipinski definition) is 2. The minimum Gasteiger partial charge on any atom is -0.489 e. The number of carbonyl (C=O) groups excluding carboxylic acids is 2. The summed E-state index contributed by atoms with van der Waals surface area (Å²) < 4.78 is 5.50. The maximum Gasteiger partial charge on any atom is 0.319 e. The number of benzene rings is 1. The molecule has 0 aromatic heterocycles. The van der Waals surface area contributed by atoms with Gasteiger partial charge in [-0.15, -0.1) is 0 Å². The number of carbonyl (C=O) groups is 2. The van der Waals surface area contributed by atoms with Crippen molar-refractivity contribution < 1.29 is 14.3 Å². The Morgan fingerprint density at radius 3 is 2.65 bits per heavy atom. The van der Waals surface area contributed by atoms with E-state index in [2.05, 4.69) is 17.2 Å². The Kier molecular flexibility index (Phi) is 5.62. The molecule has 0 aliphatic carbocycles. The van der Waals surface area contributed by atoms with Gasteiger partial charge in [0.2, 0.25) is 5.91 Å². The molecular formula is C17H23N3O3. The van der Waals surface area contributed by atoms with Crippen LogP contribution in [0.1, 0.15) is 20.3 Å². The Morgan fingerprint density at radius 1 is 1.39 bits per heavy atom. The second-order valence-corrected chi connectivity index (χ2v) is 5.70. The van der Waals surface area contributed by atoms with Gasteiger partial charge in [0.1, 0.15) is 12.4 Å². The summed E-state index contributed by atoms with van der Waals surface area (Å²) in [6.07, 6.45) is 0.356. The van der Waals surface area contributed by atoms with E-state index in [1.807, 2.05) is 13.8 Å². The molecule has 2 N–H and O–H groups in total. The van der Waals surface area contributed by atoms with Crippen molar-refractivity contribution in [3.8, 4) is 5.75 Å². The van der Waals surface area contributed by atoms with E-state index in [0.717, 1.165) is 11.3 Å². The van der Waals surface area contributed by atoms with Gasteiger partial charge in [-0.25, -0.2) is 4.79 Å². The van der Waals surface area contributed by atoms with Crippen molar-refractivity contribution in [2.24, 2.45) is 0 Å². The minimum atomic E-state index is -0.309. The molecular weight excluding hydrogens is 294 g/mol. The van der Waals surface area contributed by atoms with Gasteiger partial charge in [0.25, 0.3) is 0 Å². The lowest BCUT2D eigenvalue weighted by molar-refractivity contribution is -0.127. The highest BCUT2D eigenvalue weighted by Crippen LogP contribution is 2.16. The molecule has 1 atom stereocenters. The van der Waals surface area contributed by atoms with Crippen molar-refractivity contribution in [1.82, 2.24) is 10.2 Å². The predicted octanol–water partition coefficient (Wildman–Crippen LogP) is 2.38. The maximum absolute atomic E-state index is 12.0. The van der Waals surface area contributed by atoms with Crippen molar-refractivity contribution >= 4 is 17.6 Å². The molecule has 0 saturated carbocycles. The zero-order valence-corrected chi connectivity index (χ0v) is 13.6. The minimum absolute atomic E-state index is 0.0804. The molecule has 6 heteroatoms. The lowest BCUT2D eigenvalue weighted by atomic mass is 10.2. The van der Waals surface area contributed by atoms with Gasteiger partial charge in [-0.3, -0.25) is 4.79 Å². The average molecular weight is 317 g/mol. The third-order valence-electron chi connectivity index (χ3n) is 3.53. The van der Waals surface area contributed by atoms with Gasteiger partial charge in [0, 0.05) is 25.2 Å². The quantitative estimate of drug-likeness (QED) is 0.791. The number of hydrogen-bond acceptors (Lipinski definition) is 3. The molecule has 23 heavy (non-hydrogen) atoms. The lowest BCUT2D eigenvalue weighted by Gasteiger charge is -2.15. The van der Waals surface area contributed by atoms with Crippen LogP contribution in [0.15, 0.2) is 36.4 Å². The summed E-state index contributed by atoms with van der Waals surface area (Å²) in [7, 11) is 0. The fraction of sp³-hybridized carbons (Fsp3) is 0.412. The van der Waals surface area contributed by atoms with Crippen LogP contribution >= 0.6 is 0 Å². The van der Waals surface area contributed by atoms with Gasteiger partial charge in [-0.2, -0.15) is 0 Å². The van der Waals surface area contributed by atoms with Crippen molar-refractivity contribution in [2.45, 2.75) is 26.3 Å². The zero-order valence-electron chi connectivity index (χ0n) is 13.6. The van der Waals surface area contributed by atoms with Crippen LogP contribution in [0.5, 0.6) is 5.75 Å². The van der Waals surface area contributed by atoms with Gasteiger partial charge < -0.3 is 20.3 Å². The van der Waals surface area contributed by atoms with Crippen LogP contribution in [0.25, 0.3) is 0 Å². The molecule has 2 rings (SSSR count). The summed E-state index contributed by atoms with van der Waals surface area (Å²) in [5, 5.41) is 5.58. The van der Waals surface area contributed by atoms with Crippen molar-refractivity contribution in [1.29, 1.82) is 0 Å². The molecule has 0 bridgehead atoms. The van der Waals surface area contributed by atoms with Crippen LogP contribution in [0.2, 0.25) is 0 Å². The molecule has 124 valence electrons. The van der Waals surface area contributed by atoms with Crippen LogP contribution in [-0.4, -0.2) is 42.6 Å². The Bertz CT molecular complexity index is 583. The first-order chi connectivity index (χ1) is 11.0. The topological polar surface area (TPSA) is 70.7 Å². The summed E-state index contributed by atoms with van der Waals surface area (Å²) in [4.78, 5) is 25.3. The summed E-state index contributed by atoms with van der Waals surface area (Å²) in [6, 6.07) is 6.67. The van der Waals surface area contributed by atoms with E-state index in [-0.39, 0.29) is 18.0 Å². The second-order valence-electron chi connectivity index (χ2n) is 5.70. The highest BCUT2D eigenvalue weighted by molar-refractivity contribution is 5.90. The summed E-state index contributed by atoms with van der Waals surface area (Å²) in [5.41, 5.74) is 1.61. The number of rotatable bonds is 6. The zero-order chi connectivity index (χ0) is 16.8. The molecule has 6 nitrogen and oxygen atoms in total. The Balaban J connectivity index is 1.81. The van der Waals surface area contributed by atoms with Gasteiger partial charge in [0.05, 0.1) is 6.04 Å². The first kappa shape index (κ1) is 16.9. The number of nitrogens with zero attached hydrogens (tertiary/aromatic N) is 1. The predicted molar refractivity (Wildman–Crippen MR) is 89.6 cm³/mol. The van der Waals surface area contributed by atoms with Gasteiger partial charge in [-0.1, -0.05) is 6.58 Å². The molecule has 1 fully saturated rings. The number of ether oxygens (including phenoxy) is 1. The normalized spacial score (nSPS) is 17.0. The third kappa shape index (κ3) is 5.02. The Hall–Kier alpha value is -2.50. The standard InChI is InChI=1S/C17H23N3O3/c1-4-20-10-14(9-16(20)21)19-17(22)18-13-5-7-15(8-6-13)23-11-12(2)3/h5-8,14H,2,4,9-11H2,1,3H3,(H2,18,19,22). The number of likely N-dealkylation sites (N-methyl/N-ethyl adjacent to an activating group) is 1. The Labute approximate surface area is 136 Å². The van der Waals surface area contributed by atoms with Gasteiger partial charge >= 0.3 is 6.03 Å². The van der Waals surface area contributed by atoms with E-state index in [4.69, 9.17) is 4.74 Å². The molecule has 1 aliphatic heterocycles. The maximum atomic E-state index is 12.0. The van der Waals surface area contributed by atoms with E-state index in [9.17, 15) is 9.59 Å². The van der Waals surface area contributed by atoms with E-state index < -0.39 is 0 Å². The van der Waals surface area contributed by atoms with Crippen LogP contribution in [-0.2, 0) is 4.79 Å². The molecule has 1 aromatic carbocycles. The van der Waals surface area contributed by atoms with Crippen molar-refractivity contribution in [3.05, 3.63) is 36.4 Å². The average Bonchev–Trinajstić information content (AvgIpc) is 2.86. The number of likely N-dealkylation sites (tertiary alicyclic amines) is 1. The van der Waals surface area contributed by atoms with Crippen LogP contribution in [0.3, 0.4) is 0 Å². The fourth-order valence-electron chi connectivity index (χ4n) is 2.37. The molecule has 0 spiro atoms. The first-order valence-electron chi connectivity index (χ1n) is 7.70. The highest BCUT2D eigenvalue weighted by Gasteiger charge is 2.29. The summed E-state index contributed by atoms with van der Waals surface area (Å²) in [5.74, 6) is 0.802. The van der Waals surface area contributed by atoms with E-state index >= 15 is 0 Å². The van der Waals surface area contributed by atoms with Crippen molar-refractivity contribution in [2.75, 3.05) is 25.0 Å². The Morgan fingerprint density at radius 2 is 2.09 bits per heavy atom. The summed E-state index contributed by atoms with van der Waals surface area (Å²) in [6.45, 7) is 9.31. The van der Waals surface area contributed by atoms with Crippen LogP contribution in [0.4, 0.5) is 10.5 Å². The molecule has 1 aromatic rings. The van der Waals surface area contributed by atoms with Gasteiger partial charge in [-0.05, 0) is 43.7 Å². The summed E-state index contributed by atoms with van der Waals surface area (Å²) >= 11 is 0. The smallest absolute Gasteiger partial charge is 0.319 e. The molecule has 1 saturated heterocycles. The lowest BCUT2D eigenvalue weighted by Crippen LogP contribution is -2.39. The van der Waals surface area contributed by atoms with E-state index in [1.165, 1.54) is 0 Å². The molecule has 3 amide bonds. The number of nitrogens with one attached hydrogen (secondary N) is 2. The number of amides is 3. The van der Waals surface area contributed by atoms with Crippen LogP contribution in [0, 0.1) is 0 Å². The third-order valence-corrected chi connectivity index (χ3v) is 3.53. The molecule has 0 radical (unpaired) electrons. The molecule has 1 aliphatic rings. The van der Waals surface area contributed by atoms with Crippen molar-refractivity contribution in [3.63, 3.8) is 0 Å². The SMILES string of the molecule is C=C(C)COc1ccc(NC(=O)NC2CC(=O)N(CC)C2)cc1.